The SMILES string of the molecule is C=C(C(=O)[O-])C(CC(C)=O)(C(=O)[O-])C1CCCC1. The lowest BCUT2D eigenvalue weighted by atomic mass is 9.66. The van der Waals surface area contributed by atoms with Crippen LogP contribution in [0.3, 0.4) is 0 Å². The summed E-state index contributed by atoms with van der Waals surface area (Å²) < 4.78 is 0. The average molecular weight is 252 g/mol. The Morgan fingerprint density at radius 1 is 1.22 bits per heavy atom. The zero-order chi connectivity index (χ0) is 13.9. The van der Waals surface area contributed by atoms with E-state index < -0.39 is 41.0 Å². The van der Waals surface area contributed by atoms with Gasteiger partial charge in [0.2, 0.25) is 0 Å². The topological polar surface area (TPSA) is 97.3 Å². The zero-order valence-corrected chi connectivity index (χ0v) is 10.4. The van der Waals surface area contributed by atoms with Crippen LogP contribution in [0.2, 0.25) is 0 Å². The van der Waals surface area contributed by atoms with Crippen molar-refractivity contribution < 1.29 is 24.6 Å². The minimum absolute atomic E-state index is 0.395. The Kier molecular flexibility index (Phi) is 4.27. The van der Waals surface area contributed by atoms with Gasteiger partial charge < -0.3 is 19.8 Å². The molecule has 1 rings (SSSR count). The lowest BCUT2D eigenvalue weighted by molar-refractivity contribution is -0.324. The van der Waals surface area contributed by atoms with Gasteiger partial charge in [-0.3, -0.25) is 4.79 Å². The molecule has 0 spiro atoms. The largest absolute Gasteiger partial charge is 0.549 e. The van der Waals surface area contributed by atoms with Gasteiger partial charge >= 0.3 is 0 Å². The van der Waals surface area contributed by atoms with Crippen molar-refractivity contribution in [2.75, 3.05) is 0 Å². The van der Waals surface area contributed by atoms with E-state index in [0.717, 1.165) is 12.8 Å². The summed E-state index contributed by atoms with van der Waals surface area (Å²) in [6, 6.07) is 0. The molecule has 0 heterocycles. The lowest BCUT2D eigenvalue weighted by Crippen LogP contribution is -2.52. The molecular weight excluding hydrogens is 236 g/mol. The fourth-order valence-electron chi connectivity index (χ4n) is 2.85. The number of carboxylic acid groups (broad SMARTS) is 2. The predicted molar refractivity (Wildman–Crippen MR) is 58.8 cm³/mol. The molecule has 0 saturated heterocycles. The van der Waals surface area contributed by atoms with E-state index in [1.165, 1.54) is 6.92 Å². The van der Waals surface area contributed by atoms with Gasteiger partial charge in [0.05, 0.1) is 11.9 Å². The van der Waals surface area contributed by atoms with Crippen LogP contribution in [0, 0.1) is 11.3 Å². The van der Waals surface area contributed by atoms with Gasteiger partial charge in [-0.25, -0.2) is 0 Å². The molecule has 1 atom stereocenters. The van der Waals surface area contributed by atoms with Crippen molar-refractivity contribution in [3.63, 3.8) is 0 Å². The summed E-state index contributed by atoms with van der Waals surface area (Å²) in [4.78, 5) is 33.8. The third kappa shape index (κ3) is 2.44. The van der Waals surface area contributed by atoms with Gasteiger partial charge in [-0.15, -0.1) is 0 Å². The Morgan fingerprint density at radius 2 is 1.72 bits per heavy atom. The van der Waals surface area contributed by atoms with E-state index in [9.17, 15) is 24.6 Å². The van der Waals surface area contributed by atoms with Crippen molar-refractivity contribution in [3.05, 3.63) is 12.2 Å². The molecule has 0 bridgehead atoms. The number of ketones is 1. The van der Waals surface area contributed by atoms with Crippen LogP contribution in [0.1, 0.15) is 39.0 Å². The molecule has 0 N–H and O–H groups in total. The first-order chi connectivity index (χ1) is 8.32. The first-order valence-corrected chi connectivity index (χ1v) is 5.94. The molecule has 1 saturated carbocycles. The summed E-state index contributed by atoms with van der Waals surface area (Å²) in [7, 11) is 0. The van der Waals surface area contributed by atoms with Crippen molar-refractivity contribution in [2.45, 2.75) is 39.0 Å². The van der Waals surface area contributed by atoms with E-state index >= 15 is 0 Å². The number of carboxylic acids is 2. The molecule has 1 aliphatic carbocycles. The van der Waals surface area contributed by atoms with Crippen molar-refractivity contribution in [1.29, 1.82) is 0 Å². The van der Waals surface area contributed by atoms with Crippen LogP contribution in [0.4, 0.5) is 0 Å². The van der Waals surface area contributed by atoms with Crippen LogP contribution < -0.4 is 10.2 Å². The summed E-state index contributed by atoms with van der Waals surface area (Å²) >= 11 is 0. The maximum Gasteiger partial charge on any atom is 0.131 e. The monoisotopic (exact) mass is 252 g/mol. The number of Topliss-reactive ketones (excluding diaryl/α,β-unsaturated/α-hetero) is 1. The van der Waals surface area contributed by atoms with E-state index in [-0.39, 0.29) is 0 Å². The van der Waals surface area contributed by atoms with Crippen LogP contribution in [0.15, 0.2) is 12.2 Å². The third-order valence-electron chi connectivity index (χ3n) is 3.73. The van der Waals surface area contributed by atoms with Gasteiger partial charge in [-0.1, -0.05) is 19.4 Å². The molecule has 0 amide bonds. The minimum Gasteiger partial charge on any atom is -0.549 e. The number of hydrogen-bond donors (Lipinski definition) is 0. The number of hydrogen-bond acceptors (Lipinski definition) is 5. The Labute approximate surface area is 105 Å². The van der Waals surface area contributed by atoms with Gasteiger partial charge in [0, 0.05) is 11.8 Å². The number of carbonyl (C=O) groups excluding carboxylic acids is 3. The molecule has 0 aromatic rings. The Hall–Kier alpha value is -1.65. The Bertz CT molecular complexity index is 392. The summed E-state index contributed by atoms with van der Waals surface area (Å²) in [6.07, 6.45) is 2.36. The van der Waals surface area contributed by atoms with E-state index in [0.29, 0.717) is 12.8 Å². The second kappa shape index (κ2) is 5.33. The highest BCUT2D eigenvalue weighted by Crippen LogP contribution is 2.46. The quantitative estimate of drug-likeness (QED) is 0.576. The fraction of sp³-hybridized carbons (Fsp3) is 0.615. The van der Waals surface area contributed by atoms with Crippen LogP contribution >= 0.6 is 0 Å². The molecule has 100 valence electrons. The zero-order valence-electron chi connectivity index (χ0n) is 10.4. The fourth-order valence-corrected chi connectivity index (χ4v) is 2.85. The normalized spacial score (nSPS) is 19.2. The van der Waals surface area contributed by atoms with Crippen LogP contribution in [0.5, 0.6) is 0 Å². The average Bonchev–Trinajstić information content (AvgIpc) is 2.77. The molecule has 0 radical (unpaired) electrons. The van der Waals surface area contributed by atoms with Crippen molar-refractivity contribution in [1.82, 2.24) is 0 Å². The first-order valence-electron chi connectivity index (χ1n) is 5.94. The van der Waals surface area contributed by atoms with E-state index in [1.807, 2.05) is 0 Å². The van der Waals surface area contributed by atoms with E-state index in [2.05, 4.69) is 6.58 Å². The van der Waals surface area contributed by atoms with Crippen molar-refractivity contribution in [2.24, 2.45) is 11.3 Å². The van der Waals surface area contributed by atoms with Gasteiger partial charge in [0.15, 0.2) is 0 Å². The van der Waals surface area contributed by atoms with Gasteiger partial charge in [-0.05, 0) is 31.3 Å². The molecule has 5 heteroatoms. The smallest absolute Gasteiger partial charge is 0.131 e. The Morgan fingerprint density at radius 3 is 2.06 bits per heavy atom. The lowest BCUT2D eigenvalue weighted by Gasteiger charge is -2.41. The standard InChI is InChI=1S/C13H18O5/c1-8(14)7-13(12(17)18,9(2)11(15)16)10-5-3-4-6-10/h10H,2-7H2,1H3,(H,15,16)(H,17,18)/p-2. The van der Waals surface area contributed by atoms with Gasteiger partial charge in [0.1, 0.15) is 5.78 Å². The molecule has 0 aliphatic heterocycles. The molecule has 1 fully saturated rings. The maximum atomic E-state index is 11.5. The molecule has 0 aromatic carbocycles. The highest BCUT2D eigenvalue weighted by Gasteiger charge is 2.45. The summed E-state index contributed by atoms with van der Waals surface area (Å²) in [5.41, 5.74) is -2.37. The second-order valence-electron chi connectivity index (χ2n) is 4.88. The summed E-state index contributed by atoms with van der Waals surface area (Å²) in [5, 5.41) is 22.5. The van der Waals surface area contributed by atoms with E-state index in [4.69, 9.17) is 0 Å². The number of aliphatic carboxylic acids is 2. The number of carbonyl (C=O) groups is 3. The maximum absolute atomic E-state index is 11.5. The highest BCUT2D eigenvalue weighted by atomic mass is 16.4. The Balaban J connectivity index is 3.25. The van der Waals surface area contributed by atoms with Gasteiger partial charge in [0.25, 0.3) is 0 Å². The molecular formula is C13H16O5-2. The second-order valence-corrected chi connectivity index (χ2v) is 4.88. The van der Waals surface area contributed by atoms with Crippen LogP contribution in [-0.2, 0) is 14.4 Å². The molecule has 1 unspecified atom stereocenters. The molecule has 0 aromatic heterocycles. The molecule has 1 aliphatic rings. The van der Waals surface area contributed by atoms with Crippen molar-refractivity contribution in [3.8, 4) is 0 Å². The minimum atomic E-state index is -1.82. The van der Waals surface area contributed by atoms with E-state index in [1.54, 1.807) is 0 Å². The third-order valence-corrected chi connectivity index (χ3v) is 3.73. The highest BCUT2D eigenvalue weighted by molar-refractivity contribution is 5.97. The molecule has 5 nitrogen and oxygen atoms in total. The predicted octanol–water partition coefficient (Wildman–Crippen LogP) is -0.802. The van der Waals surface area contributed by atoms with Crippen LogP contribution in [0.25, 0.3) is 0 Å². The van der Waals surface area contributed by atoms with Gasteiger partial charge in [-0.2, -0.15) is 0 Å². The summed E-state index contributed by atoms with van der Waals surface area (Å²) in [5.74, 6) is -3.99. The first kappa shape index (κ1) is 14.4. The van der Waals surface area contributed by atoms with Crippen molar-refractivity contribution >= 4 is 17.7 Å². The van der Waals surface area contributed by atoms with Crippen LogP contribution in [-0.4, -0.2) is 17.7 Å². The summed E-state index contributed by atoms with van der Waals surface area (Å²) in [6.45, 7) is 4.54. The molecule has 18 heavy (non-hydrogen) atoms. The number of rotatable bonds is 6.